The van der Waals surface area contributed by atoms with Crippen molar-refractivity contribution in [2.24, 2.45) is 11.8 Å². The largest absolute Gasteiger partial charge is 0.510 e. The van der Waals surface area contributed by atoms with Gasteiger partial charge in [0.05, 0.1) is 18.3 Å². The Hall–Kier alpha value is -2.44. The molecule has 0 aliphatic heterocycles. The van der Waals surface area contributed by atoms with Gasteiger partial charge in [-0.3, -0.25) is 9.05 Å². The van der Waals surface area contributed by atoms with Gasteiger partial charge in [-0.15, -0.1) is 0 Å². The number of nitrogens with zero attached hydrogens (tertiary/aromatic N) is 2. The molecule has 0 aromatic carbocycles. The van der Waals surface area contributed by atoms with Crippen LogP contribution in [0.5, 0.6) is 0 Å². The van der Waals surface area contributed by atoms with Crippen LogP contribution in [0.4, 0.5) is 24.0 Å². The second kappa shape index (κ2) is 34.8. The van der Waals surface area contributed by atoms with E-state index in [1.807, 2.05) is 14.1 Å². The maximum absolute atomic E-state index is 12.9. The van der Waals surface area contributed by atoms with Gasteiger partial charge in [-0.25, -0.2) is 33.1 Å². The molecule has 65 heavy (non-hydrogen) atoms. The maximum atomic E-state index is 12.9. The summed E-state index contributed by atoms with van der Waals surface area (Å²) in [6.45, 7) is 12.9. The van der Waals surface area contributed by atoms with E-state index in [1.54, 1.807) is 83.1 Å². The van der Waals surface area contributed by atoms with Gasteiger partial charge in [-0.1, -0.05) is 11.6 Å². The molecule has 386 valence electrons. The number of amides is 2. The third-order valence-electron chi connectivity index (χ3n) is 6.35. The number of alkyl halides is 1. The SMILES string of the molecule is CC(C)OC(=O)OCCl.CN(CC(CSP(=O)(O)O)CN(C)C(=O)OC(C)(C)C)C(=O)OC(C)(C)C.CNCC(CNC)CSP(=O)(OCOC(=O)OC(C)C)OCOC(=O)OC(C)C. The molecule has 0 rings (SSSR count). The van der Waals surface area contributed by atoms with Gasteiger partial charge in [0, 0.05) is 44.6 Å². The van der Waals surface area contributed by atoms with Gasteiger partial charge in [0.25, 0.3) is 0 Å². The predicted octanol–water partition coefficient (Wildman–Crippen LogP) is 7.86. The molecule has 0 atom stereocenters. The van der Waals surface area contributed by atoms with Crippen LogP contribution in [0.25, 0.3) is 0 Å². The fourth-order valence-electron chi connectivity index (χ4n) is 4.05. The van der Waals surface area contributed by atoms with Crippen molar-refractivity contribution >= 4 is 78.6 Å². The van der Waals surface area contributed by atoms with E-state index in [4.69, 9.17) is 58.9 Å². The van der Waals surface area contributed by atoms with E-state index in [-0.39, 0.29) is 49.1 Å². The molecule has 23 nitrogen and oxygen atoms in total. The Labute approximate surface area is 397 Å². The molecule has 0 aliphatic rings. The molecule has 4 N–H and O–H groups in total. The standard InChI is InChI=1S/C16H33N2O9PS.C16H33N2O7PS.C5H9ClO3/c1-12(2)26-15(19)22-10-24-28(21,25-11-23-16(20)27-13(3)4)29-9-14(7-17-5)8-18-6;1-15(2,3)24-13(19)17(7)9-12(11-27-26(21,22)23)10-18(8)14(20)25-16(4,5)6;1-4(2)9-5(7)8-3-6/h12-14,17-18H,7-11H2,1-6H3;12H,9-11H2,1-8H3,(H2,21,22,23);4H,3H2,1-2H3. The maximum Gasteiger partial charge on any atom is 0.510 e. The Bertz CT molecular complexity index is 1400. The highest BCUT2D eigenvalue weighted by molar-refractivity contribution is 8.55. The van der Waals surface area contributed by atoms with Crippen LogP contribution >= 0.6 is 48.0 Å². The Morgan fingerprint density at radius 3 is 1.25 bits per heavy atom. The van der Waals surface area contributed by atoms with Crippen molar-refractivity contribution in [2.45, 2.75) is 113 Å². The first kappa shape index (κ1) is 66.8. The van der Waals surface area contributed by atoms with Gasteiger partial charge < -0.3 is 68.1 Å². The Morgan fingerprint density at radius 2 is 0.954 bits per heavy atom. The third-order valence-corrected chi connectivity index (χ3v) is 12.7. The Balaban J connectivity index is -0.000000995. The lowest BCUT2D eigenvalue weighted by atomic mass is 10.1. The lowest BCUT2D eigenvalue weighted by Crippen LogP contribution is -2.42. The summed E-state index contributed by atoms with van der Waals surface area (Å²) in [7, 11) is 6.69. The topological polar surface area (TPSA) is 283 Å². The molecule has 0 radical (unpaired) electrons. The number of halogens is 1. The summed E-state index contributed by atoms with van der Waals surface area (Å²) in [6.07, 6.45) is -4.63. The van der Waals surface area contributed by atoms with Gasteiger partial charge in [0.2, 0.25) is 13.6 Å². The highest BCUT2D eigenvalue weighted by Crippen LogP contribution is 2.61. The van der Waals surface area contributed by atoms with E-state index in [9.17, 15) is 33.1 Å². The molecule has 0 saturated carbocycles. The summed E-state index contributed by atoms with van der Waals surface area (Å²) in [5.41, 5.74) is -1.32. The molecule has 0 aromatic heterocycles. The first-order chi connectivity index (χ1) is 29.7. The number of hydrogen-bond donors (Lipinski definition) is 4. The molecule has 0 saturated heterocycles. The molecular weight excluding hydrogens is 966 g/mol. The molecule has 0 bridgehead atoms. The minimum absolute atomic E-state index is 0.0601. The third kappa shape index (κ3) is 43.9. The van der Waals surface area contributed by atoms with Crippen LogP contribution in [0.3, 0.4) is 0 Å². The van der Waals surface area contributed by atoms with Crippen molar-refractivity contribution in [3.63, 3.8) is 0 Å². The van der Waals surface area contributed by atoms with Crippen molar-refractivity contribution in [3.05, 3.63) is 0 Å². The summed E-state index contributed by atoms with van der Waals surface area (Å²) >= 11 is 6.45. The first-order valence-corrected chi connectivity index (χ1v) is 27.0. The molecule has 0 unspecified atom stereocenters. The highest BCUT2D eigenvalue weighted by Gasteiger charge is 2.30. The van der Waals surface area contributed by atoms with Crippen LogP contribution in [-0.2, 0) is 56.1 Å². The summed E-state index contributed by atoms with van der Waals surface area (Å²) in [5, 5.41) is 6.09. The van der Waals surface area contributed by atoms with E-state index in [2.05, 4.69) is 20.1 Å². The first-order valence-electron chi connectivity index (χ1n) is 20.1. The van der Waals surface area contributed by atoms with Crippen LogP contribution in [-0.4, -0.2) is 165 Å². The van der Waals surface area contributed by atoms with E-state index >= 15 is 0 Å². The average Bonchev–Trinajstić information content (AvgIpc) is 3.11. The summed E-state index contributed by atoms with van der Waals surface area (Å²) in [6, 6.07) is -0.161. The van der Waals surface area contributed by atoms with Crippen molar-refractivity contribution < 1.29 is 89.8 Å². The van der Waals surface area contributed by atoms with Gasteiger partial charge in [0.1, 0.15) is 11.2 Å². The predicted molar refractivity (Wildman–Crippen MR) is 248 cm³/mol. The number of ether oxygens (including phenoxy) is 8. The van der Waals surface area contributed by atoms with E-state index in [0.717, 1.165) is 11.4 Å². The monoisotopic (exact) mass is 1040 g/mol. The molecular formula is C37H75ClN4O19P2S2. The molecule has 0 spiro atoms. The molecule has 2 amide bonds. The highest BCUT2D eigenvalue weighted by atomic mass is 35.5. The average molecular weight is 1040 g/mol. The fourth-order valence-corrected chi connectivity index (χ4v) is 9.07. The summed E-state index contributed by atoms with van der Waals surface area (Å²) in [5.74, 6) is 0.197. The van der Waals surface area contributed by atoms with Crippen molar-refractivity contribution in [1.82, 2.24) is 20.4 Å². The second-order valence-corrected chi connectivity index (χ2v) is 24.5. The van der Waals surface area contributed by atoms with Crippen LogP contribution in [0.2, 0.25) is 0 Å². The number of hydrogen-bond acceptors (Lipinski definition) is 21. The van der Waals surface area contributed by atoms with Crippen LogP contribution < -0.4 is 10.6 Å². The second-order valence-electron chi connectivity index (χ2n) is 16.4. The summed E-state index contributed by atoms with van der Waals surface area (Å²) < 4.78 is 72.9. The van der Waals surface area contributed by atoms with Crippen molar-refractivity contribution in [2.75, 3.05) is 85.5 Å². The van der Waals surface area contributed by atoms with Gasteiger partial charge in [-0.2, -0.15) is 0 Å². The minimum Gasteiger partial charge on any atom is -0.444 e. The van der Waals surface area contributed by atoms with E-state index in [0.29, 0.717) is 30.2 Å². The zero-order chi connectivity index (χ0) is 51.2. The number of carbonyl (C=O) groups is 5. The molecule has 0 heterocycles. The zero-order valence-electron chi connectivity index (χ0n) is 40.6. The summed E-state index contributed by atoms with van der Waals surface area (Å²) in [4.78, 5) is 78.4. The van der Waals surface area contributed by atoms with Crippen LogP contribution in [0.15, 0.2) is 0 Å². The molecule has 28 heteroatoms. The number of nitrogens with one attached hydrogen (secondary N) is 2. The van der Waals surface area contributed by atoms with Gasteiger partial charge in [0.15, 0.2) is 6.07 Å². The normalized spacial score (nSPS) is 11.8. The fraction of sp³-hybridized carbons (Fsp3) is 0.865. The van der Waals surface area contributed by atoms with Crippen molar-refractivity contribution in [3.8, 4) is 0 Å². The smallest absolute Gasteiger partial charge is 0.444 e. The number of carbonyl (C=O) groups excluding carboxylic acids is 5. The lowest BCUT2D eigenvalue weighted by Gasteiger charge is -2.30. The minimum atomic E-state index is -4.27. The Morgan fingerprint density at radius 1 is 0.615 bits per heavy atom. The lowest BCUT2D eigenvalue weighted by molar-refractivity contribution is -0.0272. The zero-order valence-corrected chi connectivity index (χ0v) is 44.7. The Kier molecular flexibility index (Phi) is 35.8. The quantitative estimate of drug-likeness (QED) is 0.0235. The molecule has 0 aliphatic carbocycles. The van der Waals surface area contributed by atoms with Crippen LogP contribution in [0.1, 0.15) is 83.1 Å². The van der Waals surface area contributed by atoms with Gasteiger partial charge >= 0.3 is 44.2 Å². The van der Waals surface area contributed by atoms with Gasteiger partial charge in [-0.05, 0) is 139 Å². The molecule has 0 aromatic rings. The molecule has 0 fully saturated rings. The number of rotatable bonds is 24. The van der Waals surface area contributed by atoms with Crippen molar-refractivity contribution in [1.29, 1.82) is 0 Å². The van der Waals surface area contributed by atoms with E-state index in [1.165, 1.54) is 23.9 Å². The van der Waals surface area contributed by atoms with Crippen LogP contribution in [0, 0.1) is 11.8 Å². The van der Waals surface area contributed by atoms with E-state index < -0.39 is 75.0 Å².